The van der Waals surface area contributed by atoms with Crippen molar-refractivity contribution in [2.24, 2.45) is 0 Å². The van der Waals surface area contributed by atoms with Gasteiger partial charge in [-0.1, -0.05) is 11.6 Å². The second-order valence-electron chi connectivity index (χ2n) is 4.16. The van der Waals surface area contributed by atoms with Gasteiger partial charge < -0.3 is 15.5 Å². The average molecular weight is 290 g/mol. The highest BCUT2D eigenvalue weighted by molar-refractivity contribution is 6.30. The second-order valence-corrected chi connectivity index (χ2v) is 4.59. The fourth-order valence-electron chi connectivity index (χ4n) is 1.92. The number of rotatable bonds is 2. The van der Waals surface area contributed by atoms with E-state index < -0.39 is 0 Å². The van der Waals surface area contributed by atoms with E-state index in [0.29, 0.717) is 11.1 Å². The minimum absolute atomic E-state index is 0. The maximum absolute atomic E-state index is 11.9. The van der Waals surface area contributed by atoms with Crippen molar-refractivity contribution in [3.63, 3.8) is 0 Å². The molecule has 1 saturated heterocycles. The SMILES string of the molecule is CN[C@H]1CCN(C(=O)Nc2ccc(Cl)cc2)C1.Cl. The van der Waals surface area contributed by atoms with Crippen LogP contribution in [0, 0.1) is 0 Å². The molecular formula is C12H17Cl2N3O. The Hall–Kier alpha value is -0.970. The summed E-state index contributed by atoms with van der Waals surface area (Å²) in [6.45, 7) is 1.56. The minimum Gasteiger partial charge on any atom is -0.323 e. The Morgan fingerprint density at radius 1 is 1.39 bits per heavy atom. The first kappa shape index (κ1) is 15.1. The molecule has 1 aliphatic heterocycles. The number of carbonyl (C=O) groups excluding carboxylic acids is 1. The first-order chi connectivity index (χ1) is 8.19. The summed E-state index contributed by atoms with van der Waals surface area (Å²) in [5.74, 6) is 0. The predicted octanol–water partition coefficient (Wildman–Crippen LogP) is 2.59. The molecule has 4 nitrogen and oxygen atoms in total. The molecule has 1 aromatic rings. The number of likely N-dealkylation sites (N-methyl/N-ethyl adjacent to an activating group) is 1. The molecule has 1 fully saturated rings. The van der Waals surface area contributed by atoms with Crippen LogP contribution in [0.1, 0.15) is 6.42 Å². The molecule has 2 amide bonds. The third-order valence-electron chi connectivity index (χ3n) is 2.98. The van der Waals surface area contributed by atoms with Gasteiger partial charge in [0.25, 0.3) is 0 Å². The summed E-state index contributed by atoms with van der Waals surface area (Å²) in [6, 6.07) is 7.48. The van der Waals surface area contributed by atoms with Gasteiger partial charge in [-0.15, -0.1) is 12.4 Å². The lowest BCUT2D eigenvalue weighted by Gasteiger charge is -2.17. The number of likely N-dealkylation sites (tertiary alicyclic amines) is 1. The third-order valence-corrected chi connectivity index (χ3v) is 3.23. The van der Waals surface area contributed by atoms with Crippen LogP contribution in [0.25, 0.3) is 0 Å². The molecular weight excluding hydrogens is 273 g/mol. The van der Waals surface area contributed by atoms with Crippen molar-refractivity contribution in [3.8, 4) is 0 Å². The monoisotopic (exact) mass is 289 g/mol. The lowest BCUT2D eigenvalue weighted by atomic mass is 10.3. The van der Waals surface area contributed by atoms with Gasteiger partial charge in [-0.25, -0.2) is 4.79 Å². The molecule has 0 bridgehead atoms. The number of amides is 2. The number of hydrogen-bond donors (Lipinski definition) is 2. The van der Waals surface area contributed by atoms with E-state index in [-0.39, 0.29) is 18.4 Å². The highest BCUT2D eigenvalue weighted by atomic mass is 35.5. The molecule has 6 heteroatoms. The Balaban J connectivity index is 0.00000162. The molecule has 1 aliphatic rings. The van der Waals surface area contributed by atoms with Crippen LogP contribution in [-0.4, -0.2) is 37.1 Å². The molecule has 2 rings (SSSR count). The van der Waals surface area contributed by atoms with Crippen molar-refractivity contribution in [3.05, 3.63) is 29.3 Å². The molecule has 0 aliphatic carbocycles. The highest BCUT2D eigenvalue weighted by Gasteiger charge is 2.24. The number of halogens is 2. The fourth-order valence-corrected chi connectivity index (χ4v) is 2.04. The van der Waals surface area contributed by atoms with E-state index in [9.17, 15) is 4.79 Å². The molecule has 0 unspecified atom stereocenters. The van der Waals surface area contributed by atoms with Gasteiger partial charge in [-0.2, -0.15) is 0 Å². The number of anilines is 1. The van der Waals surface area contributed by atoms with E-state index in [1.165, 1.54) is 0 Å². The average Bonchev–Trinajstić information content (AvgIpc) is 2.81. The van der Waals surface area contributed by atoms with E-state index in [1.807, 2.05) is 11.9 Å². The predicted molar refractivity (Wildman–Crippen MR) is 76.8 cm³/mol. The number of hydrogen-bond acceptors (Lipinski definition) is 2. The van der Waals surface area contributed by atoms with Crippen molar-refractivity contribution in [1.82, 2.24) is 10.2 Å². The number of benzene rings is 1. The zero-order chi connectivity index (χ0) is 12.3. The normalized spacial score (nSPS) is 18.3. The van der Waals surface area contributed by atoms with Crippen molar-refractivity contribution in [2.75, 3.05) is 25.5 Å². The summed E-state index contributed by atoms with van der Waals surface area (Å²) in [5, 5.41) is 6.70. The first-order valence-electron chi connectivity index (χ1n) is 5.68. The van der Waals surface area contributed by atoms with Crippen molar-refractivity contribution in [1.29, 1.82) is 0 Å². The van der Waals surface area contributed by atoms with E-state index in [1.54, 1.807) is 24.3 Å². The molecule has 1 heterocycles. The van der Waals surface area contributed by atoms with Gasteiger partial charge in [0.15, 0.2) is 0 Å². The molecule has 18 heavy (non-hydrogen) atoms. The zero-order valence-corrected chi connectivity index (χ0v) is 11.7. The summed E-state index contributed by atoms with van der Waals surface area (Å²) in [5.41, 5.74) is 0.771. The van der Waals surface area contributed by atoms with Crippen molar-refractivity contribution < 1.29 is 4.79 Å². The smallest absolute Gasteiger partial charge is 0.321 e. The number of urea groups is 1. The number of carbonyl (C=O) groups is 1. The Morgan fingerprint density at radius 2 is 2.06 bits per heavy atom. The maximum Gasteiger partial charge on any atom is 0.321 e. The summed E-state index contributed by atoms with van der Waals surface area (Å²) >= 11 is 5.78. The van der Waals surface area contributed by atoms with Gasteiger partial charge in [-0.3, -0.25) is 0 Å². The van der Waals surface area contributed by atoms with Gasteiger partial charge in [0, 0.05) is 29.8 Å². The highest BCUT2D eigenvalue weighted by Crippen LogP contribution is 2.15. The zero-order valence-electron chi connectivity index (χ0n) is 10.1. The standard InChI is InChI=1S/C12H16ClN3O.ClH/c1-14-11-6-7-16(8-11)12(17)15-10-4-2-9(13)3-5-10;/h2-5,11,14H,6-8H2,1H3,(H,15,17);1H/t11-;/m0./s1. The van der Waals surface area contributed by atoms with E-state index in [2.05, 4.69) is 10.6 Å². The Labute approximate surface area is 118 Å². The van der Waals surface area contributed by atoms with E-state index >= 15 is 0 Å². The Kier molecular flexibility index (Phi) is 5.72. The second kappa shape index (κ2) is 6.83. The fraction of sp³-hybridized carbons (Fsp3) is 0.417. The molecule has 100 valence electrons. The minimum atomic E-state index is -0.0509. The van der Waals surface area contributed by atoms with Crippen molar-refractivity contribution >= 4 is 35.7 Å². The summed E-state index contributed by atoms with van der Waals surface area (Å²) < 4.78 is 0. The molecule has 0 spiro atoms. The molecule has 2 N–H and O–H groups in total. The van der Waals surface area contributed by atoms with Crippen LogP contribution in [0.5, 0.6) is 0 Å². The van der Waals surface area contributed by atoms with E-state index in [0.717, 1.165) is 25.2 Å². The van der Waals surface area contributed by atoms with Crippen LogP contribution in [-0.2, 0) is 0 Å². The quantitative estimate of drug-likeness (QED) is 0.879. The van der Waals surface area contributed by atoms with Gasteiger partial charge in [-0.05, 0) is 37.7 Å². The van der Waals surface area contributed by atoms with Crippen LogP contribution in [0.4, 0.5) is 10.5 Å². The van der Waals surface area contributed by atoms with Crippen LogP contribution < -0.4 is 10.6 Å². The molecule has 1 aromatic carbocycles. The Morgan fingerprint density at radius 3 is 2.61 bits per heavy atom. The summed E-state index contributed by atoms with van der Waals surface area (Å²) in [7, 11) is 1.92. The van der Waals surface area contributed by atoms with Gasteiger partial charge in [0.1, 0.15) is 0 Å². The topological polar surface area (TPSA) is 44.4 Å². The van der Waals surface area contributed by atoms with Crippen LogP contribution in [0.15, 0.2) is 24.3 Å². The van der Waals surface area contributed by atoms with Crippen LogP contribution in [0.2, 0.25) is 5.02 Å². The maximum atomic E-state index is 11.9. The van der Waals surface area contributed by atoms with Crippen molar-refractivity contribution in [2.45, 2.75) is 12.5 Å². The lowest BCUT2D eigenvalue weighted by Crippen LogP contribution is -2.36. The number of nitrogens with one attached hydrogen (secondary N) is 2. The third kappa shape index (κ3) is 3.77. The van der Waals surface area contributed by atoms with Gasteiger partial charge >= 0.3 is 6.03 Å². The summed E-state index contributed by atoms with van der Waals surface area (Å²) in [6.07, 6.45) is 1.00. The first-order valence-corrected chi connectivity index (χ1v) is 6.05. The molecule has 0 aromatic heterocycles. The number of nitrogens with zero attached hydrogens (tertiary/aromatic N) is 1. The lowest BCUT2D eigenvalue weighted by molar-refractivity contribution is 0.221. The Bertz CT molecular complexity index is 397. The van der Waals surface area contributed by atoms with Crippen LogP contribution >= 0.6 is 24.0 Å². The summed E-state index contributed by atoms with van der Waals surface area (Å²) in [4.78, 5) is 13.7. The largest absolute Gasteiger partial charge is 0.323 e. The van der Waals surface area contributed by atoms with Crippen LogP contribution in [0.3, 0.4) is 0 Å². The molecule has 0 radical (unpaired) electrons. The molecule has 0 saturated carbocycles. The van der Waals surface area contributed by atoms with Gasteiger partial charge in [0.2, 0.25) is 0 Å². The van der Waals surface area contributed by atoms with Gasteiger partial charge in [0.05, 0.1) is 0 Å². The molecule has 1 atom stereocenters. The van der Waals surface area contributed by atoms with E-state index in [4.69, 9.17) is 11.6 Å².